The van der Waals surface area contributed by atoms with Gasteiger partial charge in [0.2, 0.25) is 0 Å². The van der Waals surface area contributed by atoms with Gasteiger partial charge in [-0.15, -0.1) is 11.3 Å². The van der Waals surface area contributed by atoms with Crippen LogP contribution in [0.2, 0.25) is 0 Å². The molecule has 0 aliphatic carbocycles. The lowest BCUT2D eigenvalue weighted by molar-refractivity contribution is 0.0702. The Bertz CT molecular complexity index is 371. The first kappa shape index (κ1) is 6.82. The second-order valence-corrected chi connectivity index (χ2v) is 3.93. The lowest BCUT2D eigenvalue weighted by Gasteiger charge is -1.80. The SMILES string of the molecule is O=C(O)c1cc2cscc2s1. The normalized spacial score (nSPS) is 10.5. The van der Waals surface area contributed by atoms with Crippen LogP contribution in [0.25, 0.3) is 10.1 Å². The third-order valence-corrected chi connectivity index (χ3v) is 3.37. The van der Waals surface area contributed by atoms with Crippen LogP contribution in [-0.2, 0) is 0 Å². The average molecular weight is 184 g/mol. The molecule has 0 spiro atoms. The summed E-state index contributed by atoms with van der Waals surface area (Å²) in [6.07, 6.45) is 0. The molecular weight excluding hydrogens is 180 g/mol. The highest BCUT2D eigenvalue weighted by atomic mass is 32.1. The predicted molar refractivity (Wildman–Crippen MR) is 46.7 cm³/mol. The van der Waals surface area contributed by atoms with Gasteiger partial charge in [-0.2, -0.15) is 11.3 Å². The first-order chi connectivity index (χ1) is 5.27. The topological polar surface area (TPSA) is 37.3 Å². The third-order valence-electron chi connectivity index (χ3n) is 1.37. The van der Waals surface area contributed by atoms with E-state index in [0.717, 1.165) is 10.1 Å². The largest absolute Gasteiger partial charge is 0.477 e. The number of thiophene rings is 2. The monoisotopic (exact) mass is 184 g/mol. The van der Waals surface area contributed by atoms with E-state index in [0.29, 0.717) is 4.88 Å². The molecule has 2 rings (SSSR count). The Kier molecular flexibility index (Phi) is 1.44. The molecule has 2 aromatic heterocycles. The molecule has 2 nitrogen and oxygen atoms in total. The molecule has 0 unspecified atom stereocenters. The molecule has 1 N–H and O–H groups in total. The Balaban J connectivity index is 2.67. The summed E-state index contributed by atoms with van der Waals surface area (Å²) in [4.78, 5) is 10.9. The van der Waals surface area contributed by atoms with Gasteiger partial charge >= 0.3 is 5.97 Å². The second-order valence-electron chi connectivity index (χ2n) is 2.11. The first-order valence-corrected chi connectivity index (χ1v) is 4.72. The fourth-order valence-electron chi connectivity index (χ4n) is 0.878. The van der Waals surface area contributed by atoms with Crippen LogP contribution < -0.4 is 0 Å². The number of carbonyl (C=O) groups is 1. The van der Waals surface area contributed by atoms with Crippen molar-refractivity contribution in [2.75, 3.05) is 0 Å². The Hall–Kier alpha value is -0.870. The van der Waals surface area contributed by atoms with Crippen molar-refractivity contribution in [1.29, 1.82) is 0 Å². The summed E-state index contributed by atoms with van der Waals surface area (Å²) in [5, 5.41) is 13.6. The average Bonchev–Trinajstić information content (AvgIpc) is 2.40. The molecule has 2 heterocycles. The molecule has 0 saturated carbocycles. The van der Waals surface area contributed by atoms with Crippen molar-refractivity contribution in [2.24, 2.45) is 0 Å². The predicted octanol–water partition coefficient (Wildman–Crippen LogP) is 2.66. The molecule has 0 aliphatic rings. The van der Waals surface area contributed by atoms with E-state index in [4.69, 9.17) is 5.11 Å². The smallest absolute Gasteiger partial charge is 0.345 e. The number of hydrogen-bond donors (Lipinski definition) is 1. The molecule has 0 aliphatic heterocycles. The number of hydrogen-bond acceptors (Lipinski definition) is 3. The fraction of sp³-hybridized carbons (Fsp3) is 0. The second kappa shape index (κ2) is 2.32. The van der Waals surface area contributed by atoms with E-state index in [9.17, 15) is 4.79 Å². The van der Waals surface area contributed by atoms with Crippen LogP contribution in [0.3, 0.4) is 0 Å². The zero-order valence-corrected chi connectivity index (χ0v) is 7.04. The first-order valence-electron chi connectivity index (χ1n) is 2.96. The summed E-state index contributed by atoms with van der Waals surface area (Å²) in [6, 6.07) is 1.71. The maximum absolute atomic E-state index is 10.5. The van der Waals surface area contributed by atoms with Crippen LogP contribution in [0, 0.1) is 0 Å². The Morgan fingerprint density at radius 1 is 1.45 bits per heavy atom. The molecule has 0 radical (unpaired) electrons. The van der Waals surface area contributed by atoms with Crippen LogP contribution in [0.15, 0.2) is 16.8 Å². The van der Waals surface area contributed by atoms with Crippen molar-refractivity contribution in [3.8, 4) is 0 Å². The lowest BCUT2D eigenvalue weighted by Crippen LogP contribution is -1.89. The Morgan fingerprint density at radius 3 is 2.91 bits per heavy atom. The van der Waals surface area contributed by atoms with Gasteiger partial charge in [0.1, 0.15) is 4.88 Å². The van der Waals surface area contributed by atoms with Crippen LogP contribution in [0.4, 0.5) is 0 Å². The molecule has 0 amide bonds. The summed E-state index contributed by atoms with van der Waals surface area (Å²) in [6.45, 7) is 0. The van der Waals surface area contributed by atoms with Gasteiger partial charge in [0.15, 0.2) is 0 Å². The quantitative estimate of drug-likeness (QED) is 0.739. The highest BCUT2D eigenvalue weighted by molar-refractivity contribution is 7.23. The van der Waals surface area contributed by atoms with E-state index >= 15 is 0 Å². The molecule has 0 saturated heterocycles. The lowest BCUT2D eigenvalue weighted by atomic mass is 10.4. The van der Waals surface area contributed by atoms with Gasteiger partial charge in [-0.05, 0) is 11.4 Å². The van der Waals surface area contributed by atoms with Crippen LogP contribution in [-0.4, -0.2) is 11.1 Å². The summed E-state index contributed by atoms with van der Waals surface area (Å²) in [5.41, 5.74) is 0. The van der Waals surface area contributed by atoms with Gasteiger partial charge in [0, 0.05) is 15.5 Å². The Morgan fingerprint density at radius 2 is 2.27 bits per heavy atom. The molecule has 0 bridgehead atoms. The minimum Gasteiger partial charge on any atom is -0.477 e. The van der Waals surface area contributed by atoms with E-state index in [1.165, 1.54) is 11.3 Å². The van der Waals surface area contributed by atoms with Crippen LogP contribution >= 0.6 is 22.7 Å². The van der Waals surface area contributed by atoms with E-state index in [1.807, 2.05) is 10.8 Å². The van der Waals surface area contributed by atoms with Crippen molar-refractivity contribution in [3.63, 3.8) is 0 Å². The summed E-state index contributed by atoms with van der Waals surface area (Å²) in [7, 11) is 0. The molecule has 0 fully saturated rings. The number of rotatable bonds is 1. The van der Waals surface area contributed by atoms with Crippen molar-refractivity contribution in [2.45, 2.75) is 0 Å². The number of aromatic carboxylic acids is 1. The van der Waals surface area contributed by atoms with Crippen molar-refractivity contribution >= 4 is 38.7 Å². The summed E-state index contributed by atoms with van der Waals surface area (Å²) < 4.78 is 1.06. The van der Waals surface area contributed by atoms with E-state index in [2.05, 4.69) is 0 Å². The third kappa shape index (κ3) is 1.04. The van der Waals surface area contributed by atoms with E-state index < -0.39 is 5.97 Å². The fourth-order valence-corrected chi connectivity index (χ4v) is 2.73. The molecule has 2 aromatic rings. The van der Waals surface area contributed by atoms with Crippen LogP contribution in [0.1, 0.15) is 9.67 Å². The minimum atomic E-state index is -0.837. The minimum absolute atomic E-state index is 0.419. The van der Waals surface area contributed by atoms with Crippen molar-refractivity contribution in [3.05, 3.63) is 21.7 Å². The summed E-state index contributed by atoms with van der Waals surface area (Å²) in [5.74, 6) is -0.837. The van der Waals surface area contributed by atoms with E-state index in [1.54, 1.807) is 17.4 Å². The van der Waals surface area contributed by atoms with Gasteiger partial charge < -0.3 is 5.11 Å². The molecular formula is C7H4O2S2. The molecule has 0 aromatic carbocycles. The number of carboxylic acids is 1. The van der Waals surface area contributed by atoms with Crippen LogP contribution in [0.5, 0.6) is 0 Å². The number of carboxylic acid groups (broad SMARTS) is 1. The van der Waals surface area contributed by atoms with Crippen molar-refractivity contribution in [1.82, 2.24) is 0 Å². The maximum Gasteiger partial charge on any atom is 0.345 e. The summed E-state index contributed by atoms with van der Waals surface area (Å²) >= 11 is 2.92. The molecule has 11 heavy (non-hydrogen) atoms. The van der Waals surface area contributed by atoms with Gasteiger partial charge in [0.25, 0.3) is 0 Å². The van der Waals surface area contributed by atoms with Gasteiger partial charge in [0.05, 0.1) is 0 Å². The number of fused-ring (bicyclic) bond motifs is 1. The Labute approximate surface area is 70.7 Å². The molecule has 56 valence electrons. The van der Waals surface area contributed by atoms with Gasteiger partial charge in [-0.25, -0.2) is 4.79 Å². The highest BCUT2D eigenvalue weighted by Gasteiger charge is 2.07. The molecule has 4 heteroatoms. The van der Waals surface area contributed by atoms with Gasteiger partial charge in [-0.3, -0.25) is 0 Å². The molecule has 0 atom stereocenters. The zero-order chi connectivity index (χ0) is 7.84. The highest BCUT2D eigenvalue weighted by Crippen LogP contribution is 2.28. The van der Waals surface area contributed by atoms with Gasteiger partial charge in [-0.1, -0.05) is 0 Å². The zero-order valence-electron chi connectivity index (χ0n) is 5.40. The maximum atomic E-state index is 10.5. The van der Waals surface area contributed by atoms with Crippen molar-refractivity contribution < 1.29 is 9.90 Å². The van der Waals surface area contributed by atoms with E-state index in [-0.39, 0.29) is 0 Å². The standard InChI is InChI=1S/C7H4O2S2/c8-7(9)5-1-4-2-10-3-6(4)11-5/h1-3H,(H,8,9).